The van der Waals surface area contributed by atoms with Crippen LogP contribution < -0.4 is 14.9 Å². The van der Waals surface area contributed by atoms with Crippen LogP contribution in [0.4, 0.5) is 4.39 Å². The van der Waals surface area contributed by atoms with Crippen LogP contribution in [0.5, 0.6) is 11.5 Å². The van der Waals surface area contributed by atoms with Crippen molar-refractivity contribution in [2.75, 3.05) is 6.61 Å². The predicted molar refractivity (Wildman–Crippen MR) is 96.5 cm³/mol. The topological polar surface area (TPSA) is 52.6 Å². The molecule has 0 aliphatic rings. The number of halogens is 1. The van der Waals surface area contributed by atoms with Crippen LogP contribution in [0, 0.1) is 12.7 Å². The molecule has 0 spiro atoms. The summed E-state index contributed by atoms with van der Waals surface area (Å²) in [5.41, 5.74) is 0.259. The Labute approximate surface area is 147 Å². The van der Waals surface area contributed by atoms with Crippen molar-refractivity contribution in [1.82, 2.24) is 0 Å². The number of rotatable bonds is 7. The molecule has 0 aromatic heterocycles. The Bertz CT molecular complexity index is 775. The Kier molecular flexibility index (Phi) is 6.34. The molecule has 0 bridgehead atoms. The Morgan fingerprint density at radius 3 is 2.56 bits per heavy atom. The molecule has 0 aliphatic carbocycles. The second kappa shape index (κ2) is 8.47. The van der Waals surface area contributed by atoms with Crippen molar-refractivity contribution in [3.63, 3.8) is 0 Å². The summed E-state index contributed by atoms with van der Waals surface area (Å²) in [5, 5.41) is 0. The maximum Gasteiger partial charge on any atom is 0.347 e. The Hall–Kier alpha value is -2.63. The van der Waals surface area contributed by atoms with Crippen molar-refractivity contribution in [3.8, 4) is 11.5 Å². The van der Waals surface area contributed by atoms with Gasteiger partial charge < -0.3 is 9.47 Å². The van der Waals surface area contributed by atoms with E-state index in [-0.39, 0.29) is 22.4 Å². The van der Waals surface area contributed by atoms with Crippen molar-refractivity contribution in [1.29, 1.82) is 0 Å². The normalized spacial score (nSPS) is 10.4. The molecule has 0 heterocycles. The fourth-order valence-electron chi connectivity index (χ4n) is 2.49. The molecule has 0 aliphatic heterocycles. The van der Waals surface area contributed by atoms with Gasteiger partial charge in [0.25, 0.3) is 0 Å². The first-order chi connectivity index (χ1) is 12.0. The molecule has 2 aromatic rings. The number of para-hydroxylation sites is 1. The molecule has 0 saturated heterocycles. The van der Waals surface area contributed by atoms with Gasteiger partial charge in [0, 0.05) is 11.1 Å². The van der Waals surface area contributed by atoms with Gasteiger partial charge in [0.15, 0.2) is 6.29 Å². The molecule has 0 atom stereocenters. The maximum absolute atomic E-state index is 14.5. The van der Waals surface area contributed by atoms with E-state index in [9.17, 15) is 14.0 Å². The molecule has 0 unspecified atom stereocenters. The fourth-order valence-corrected chi connectivity index (χ4v) is 2.49. The molecule has 2 aromatic carbocycles. The van der Waals surface area contributed by atoms with E-state index in [1.165, 1.54) is 6.92 Å². The smallest absolute Gasteiger partial charge is 0.347 e. The average molecular weight is 342 g/mol. The molecule has 0 saturated carbocycles. The number of carbonyl (C=O) groups excluding carboxylic acids is 2. The van der Waals surface area contributed by atoms with E-state index in [4.69, 9.17) is 9.47 Å². The maximum atomic E-state index is 14.5. The van der Waals surface area contributed by atoms with Crippen molar-refractivity contribution < 1.29 is 23.5 Å². The van der Waals surface area contributed by atoms with Gasteiger partial charge in [0.05, 0.1) is 6.61 Å². The Balaban J connectivity index is 2.49. The number of benzene rings is 2. The quantitative estimate of drug-likeness (QED) is 0.255. The van der Waals surface area contributed by atoms with E-state index in [0.29, 0.717) is 24.1 Å². The minimum Gasteiger partial charge on any atom is -0.493 e. The van der Waals surface area contributed by atoms with Gasteiger partial charge in [-0.1, -0.05) is 31.5 Å². The van der Waals surface area contributed by atoms with Gasteiger partial charge in [-0.2, -0.15) is 0 Å². The highest BCUT2D eigenvalue weighted by atomic mass is 19.1. The zero-order chi connectivity index (χ0) is 18.4. The van der Waals surface area contributed by atoms with Crippen LogP contribution in [0.2, 0.25) is 0 Å². The molecule has 4 nitrogen and oxygen atoms in total. The molecule has 130 valence electrons. The summed E-state index contributed by atoms with van der Waals surface area (Å²) in [6, 6.07) is 8.52. The monoisotopic (exact) mass is 342 g/mol. The fraction of sp³-hybridized carbons (Fsp3) is 0.263. The van der Waals surface area contributed by atoms with Gasteiger partial charge in [-0.3, -0.25) is 4.79 Å². The van der Waals surface area contributed by atoms with Crippen LogP contribution in [-0.4, -0.2) is 26.7 Å². The van der Waals surface area contributed by atoms with Crippen molar-refractivity contribution in [2.45, 2.75) is 26.7 Å². The van der Waals surface area contributed by atoms with Crippen LogP contribution in [-0.2, 0) is 0 Å². The van der Waals surface area contributed by atoms with Crippen molar-refractivity contribution in [2.24, 2.45) is 0 Å². The lowest BCUT2D eigenvalue weighted by molar-refractivity contribution is 0.0728. The molecule has 2 rings (SSSR count). The minimum atomic E-state index is -0.727. The molecule has 25 heavy (non-hydrogen) atoms. The Morgan fingerprint density at radius 1 is 1.28 bits per heavy atom. The third-order valence-corrected chi connectivity index (χ3v) is 3.93. The molecule has 0 radical (unpaired) electrons. The van der Waals surface area contributed by atoms with Crippen LogP contribution >= 0.6 is 0 Å². The zero-order valence-electron chi connectivity index (χ0n) is 14.6. The number of aldehydes is 1. The summed E-state index contributed by atoms with van der Waals surface area (Å²) in [7, 11) is 1.56. The largest absolute Gasteiger partial charge is 0.493 e. The van der Waals surface area contributed by atoms with Gasteiger partial charge in [-0.15, -0.1) is 0 Å². The van der Waals surface area contributed by atoms with Gasteiger partial charge >= 0.3 is 5.97 Å². The van der Waals surface area contributed by atoms with Crippen LogP contribution in [0.1, 0.15) is 46.0 Å². The van der Waals surface area contributed by atoms with Crippen molar-refractivity contribution in [3.05, 3.63) is 52.8 Å². The summed E-state index contributed by atoms with van der Waals surface area (Å²) < 4.78 is 25.6. The molecule has 0 amide bonds. The predicted octanol–water partition coefficient (Wildman–Crippen LogP) is 2.60. The molecular formula is C19H20BFO4. The third kappa shape index (κ3) is 4.07. The number of esters is 1. The first-order valence-electron chi connectivity index (χ1n) is 8.19. The molecule has 0 fully saturated rings. The SMILES string of the molecule is Bc1c(C=O)c(F)c(C)c(C(=O)Oc2ccccc2)c1OCCCC. The summed E-state index contributed by atoms with van der Waals surface area (Å²) in [6.07, 6.45) is 2.12. The standard InChI is InChI=1S/C19H20BFO4/c1-3-4-10-24-18-15(12(2)17(21)14(11-22)16(18)20)19(23)25-13-8-6-5-7-9-13/h5-9,11H,3-4,10,20H2,1-2H3. The molecular weight excluding hydrogens is 322 g/mol. The summed E-state index contributed by atoms with van der Waals surface area (Å²) in [6.45, 7) is 3.82. The zero-order valence-corrected chi connectivity index (χ0v) is 14.6. The molecule has 0 N–H and O–H groups in total. The van der Waals surface area contributed by atoms with Gasteiger partial charge in [-0.05, 0) is 30.9 Å². The first-order valence-corrected chi connectivity index (χ1v) is 8.19. The second-order valence-corrected chi connectivity index (χ2v) is 5.70. The number of hydrogen-bond acceptors (Lipinski definition) is 4. The highest BCUT2D eigenvalue weighted by Crippen LogP contribution is 2.27. The second-order valence-electron chi connectivity index (χ2n) is 5.70. The molecule has 6 heteroatoms. The lowest BCUT2D eigenvalue weighted by atomic mass is 9.85. The number of ether oxygens (including phenoxy) is 2. The van der Waals surface area contributed by atoms with Crippen LogP contribution in [0.25, 0.3) is 0 Å². The van der Waals surface area contributed by atoms with Crippen LogP contribution in [0.15, 0.2) is 30.3 Å². The van der Waals surface area contributed by atoms with Crippen molar-refractivity contribution >= 4 is 25.6 Å². The van der Waals surface area contributed by atoms with Crippen LogP contribution in [0.3, 0.4) is 0 Å². The highest BCUT2D eigenvalue weighted by Gasteiger charge is 2.26. The van der Waals surface area contributed by atoms with E-state index >= 15 is 0 Å². The van der Waals surface area contributed by atoms with E-state index in [1.807, 2.05) is 6.92 Å². The third-order valence-electron chi connectivity index (χ3n) is 3.93. The highest BCUT2D eigenvalue weighted by molar-refractivity contribution is 6.38. The van der Waals surface area contributed by atoms with E-state index in [0.717, 1.165) is 12.8 Å². The van der Waals surface area contributed by atoms with E-state index in [1.54, 1.807) is 38.2 Å². The number of carbonyl (C=O) groups is 2. The summed E-state index contributed by atoms with van der Waals surface area (Å²) in [4.78, 5) is 23.9. The van der Waals surface area contributed by atoms with Gasteiger partial charge in [-0.25, -0.2) is 9.18 Å². The average Bonchev–Trinajstić information content (AvgIpc) is 2.61. The van der Waals surface area contributed by atoms with Gasteiger partial charge in [0.1, 0.15) is 30.7 Å². The summed E-state index contributed by atoms with van der Waals surface area (Å²) >= 11 is 0. The Morgan fingerprint density at radius 2 is 1.96 bits per heavy atom. The summed E-state index contributed by atoms with van der Waals surface area (Å²) in [5.74, 6) is -0.885. The lowest BCUT2D eigenvalue weighted by Crippen LogP contribution is -2.24. The van der Waals surface area contributed by atoms with E-state index < -0.39 is 11.8 Å². The van der Waals surface area contributed by atoms with E-state index in [2.05, 4.69) is 0 Å². The lowest BCUT2D eigenvalue weighted by Gasteiger charge is -2.18. The van der Waals surface area contributed by atoms with Gasteiger partial charge in [0.2, 0.25) is 0 Å². The first kappa shape index (κ1) is 18.7. The minimum absolute atomic E-state index is 0.0144. The number of unbranched alkanes of at least 4 members (excludes halogenated alkanes) is 1. The number of hydrogen-bond donors (Lipinski definition) is 0.